The van der Waals surface area contributed by atoms with Gasteiger partial charge in [0.1, 0.15) is 5.75 Å². The number of ether oxygens (including phenoxy) is 1. The highest BCUT2D eigenvalue weighted by molar-refractivity contribution is 6.30. The molecule has 1 aromatic carbocycles. The maximum absolute atomic E-state index is 13.2. The van der Waals surface area contributed by atoms with Crippen molar-refractivity contribution in [3.05, 3.63) is 41.1 Å². The molecule has 25 heavy (non-hydrogen) atoms. The molecule has 0 aliphatic rings. The highest BCUT2D eigenvalue weighted by Gasteiger charge is 2.83. The Morgan fingerprint density at radius 3 is 1.60 bits per heavy atom. The van der Waals surface area contributed by atoms with Gasteiger partial charge in [0, 0.05) is 5.02 Å². The van der Waals surface area contributed by atoms with Crippen molar-refractivity contribution in [2.75, 3.05) is 0 Å². The van der Waals surface area contributed by atoms with Crippen molar-refractivity contribution in [1.29, 1.82) is 0 Å². The van der Waals surface area contributed by atoms with Crippen molar-refractivity contribution in [3.8, 4) is 5.75 Å². The van der Waals surface area contributed by atoms with Crippen LogP contribution < -0.4 is 4.74 Å². The number of hydrogen-bond acceptors (Lipinski definition) is 1. The summed E-state index contributed by atoms with van der Waals surface area (Å²) in [6.07, 6.45) is -7.16. The molecule has 1 nitrogen and oxygen atoms in total. The SMILES string of the molecule is FC(Oc1ccc(Cl)cc1)=C(F)C(F)(F)C(F)(F)C(F)(F)C(F)(F)F. The average molecular weight is 409 g/mol. The number of benzene rings is 1. The van der Waals surface area contributed by atoms with Crippen molar-refractivity contribution in [1.82, 2.24) is 0 Å². The van der Waals surface area contributed by atoms with Crippen LogP contribution in [0.15, 0.2) is 36.1 Å². The van der Waals surface area contributed by atoms with Crippen LogP contribution >= 0.6 is 11.6 Å². The third-order valence-corrected chi connectivity index (χ3v) is 2.87. The molecule has 13 heteroatoms. The minimum atomic E-state index is -7.36. The highest BCUT2D eigenvalue weighted by atomic mass is 35.5. The predicted molar refractivity (Wildman–Crippen MR) is 62.2 cm³/mol. The number of hydrogen-bond donors (Lipinski definition) is 0. The standard InChI is InChI=1S/C12H4ClF11O/c13-5-1-3-6(4-2-5)25-8(15)7(14)9(16,17)10(18,19)11(20,21)12(22,23)24/h1-4H. The van der Waals surface area contributed by atoms with Gasteiger partial charge in [0.25, 0.3) is 0 Å². The summed E-state index contributed by atoms with van der Waals surface area (Å²) in [6.45, 7) is 0. The summed E-state index contributed by atoms with van der Waals surface area (Å²) in [5.74, 6) is -26.3. The number of halogens is 12. The lowest BCUT2D eigenvalue weighted by Crippen LogP contribution is -2.61. The molecule has 0 aromatic heterocycles. The Balaban J connectivity index is 3.27. The smallest absolute Gasteiger partial charge is 0.430 e. The van der Waals surface area contributed by atoms with Gasteiger partial charge in [-0.1, -0.05) is 11.6 Å². The number of rotatable bonds is 5. The zero-order valence-corrected chi connectivity index (χ0v) is 12.0. The van der Waals surface area contributed by atoms with Gasteiger partial charge in [0.2, 0.25) is 5.83 Å². The Labute approximate surface area is 136 Å². The van der Waals surface area contributed by atoms with Crippen LogP contribution in [0, 0.1) is 0 Å². The Morgan fingerprint density at radius 1 is 0.760 bits per heavy atom. The molecule has 0 amide bonds. The van der Waals surface area contributed by atoms with Gasteiger partial charge >= 0.3 is 30.0 Å². The quantitative estimate of drug-likeness (QED) is 0.411. The average Bonchev–Trinajstić information content (AvgIpc) is 2.47. The summed E-state index contributed by atoms with van der Waals surface area (Å²) in [7, 11) is 0. The van der Waals surface area contributed by atoms with Crippen LogP contribution in [0.25, 0.3) is 0 Å². The van der Waals surface area contributed by atoms with Crippen LogP contribution in [0.5, 0.6) is 5.75 Å². The van der Waals surface area contributed by atoms with E-state index < -0.39 is 41.5 Å². The second-order valence-corrected chi connectivity index (χ2v) is 4.80. The minimum absolute atomic E-state index is 0.0129. The predicted octanol–water partition coefficient (Wildman–Crippen LogP) is 6.30. The normalized spacial score (nSPS) is 15.0. The van der Waals surface area contributed by atoms with E-state index in [0.717, 1.165) is 24.3 Å². The fraction of sp³-hybridized carbons (Fsp3) is 0.333. The largest absolute Gasteiger partial charge is 0.460 e. The topological polar surface area (TPSA) is 9.23 Å². The second-order valence-electron chi connectivity index (χ2n) is 4.36. The van der Waals surface area contributed by atoms with Gasteiger partial charge in [-0.3, -0.25) is 0 Å². The lowest BCUT2D eigenvalue weighted by molar-refractivity contribution is -0.392. The molecule has 1 aromatic rings. The first-order valence-corrected chi connectivity index (χ1v) is 6.13. The second kappa shape index (κ2) is 6.54. The van der Waals surface area contributed by atoms with Crippen molar-refractivity contribution in [3.63, 3.8) is 0 Å². The maximum Gasteiger partial charge on any atom is 0.460 e. The summed E-state index contributed by atoms with van der Waals surface area (Å²) < 4.78 is 143. The molecular weight excluding hydrogens is 405 g/mol. The van der Waals surface area contributed by atoms with Gasteiger partial charge in [0.15, 0.2) is 0 Å². The van der Waals surface area contributed by atoms with Gasteiger partial charge in [-0.25, -0.2) is 0 Å². The molecule has 142 valence electrons. The van der Waals surface area contributed by atoms with E-state index in [1.807, 2.05) is 0 Å². The van der Waals surface area contributed by atoms with E-state index in [1.165, 1.54) is 0 Å². The third kappa shape index (κ3) is 3.77. The molecular formula is C12H4ClF11O. The molecule has 0 bridgehead atoms. The summed E-state index contributed by atoms with van der Waals surface area (Å²) in [4.78, 5) is 0. The van der Waals surface area contributed by atoms with E-state index in [1.54, 1.807) is 0 Å². The summed E-state index contributed by atoms with van der Waals surface area (Å²) in [6, 6.07) is 0.287. The van der Waals surface area contributed by atoms with Crippen LogP contribution in [0.1, 0.15) is 0 Å². The van der Waals surface area contributed by atoms with Gasteiger partial charge in [-0.2, -0.15) is 48.3 Å². The molecule has 0 atom stereocenters. The molecule has 1 rings (SSSR count). The van der Waals surface area contributed by atoms with Crippen LogP contribution in [0.3, 0.4) is 0 Å². The molecule has 0 spiro atoms. The van der Waals surface area contributed by atoms with Gasteiger partial charge < -0.3 is 4.74 Å². The summed E-state index contributed by atoms with van der Waals surface area (Å²) in [5, 5.41) is 0.0129. The molecule has 0 heterocycles. The molecule has 0 unspecified atom stereocenters. The Kier molecular flexibility index (Phi) is 5.58. The molecule has 0 aliphatic heterocycles. The van der Waals surface area contributed by atoms with E-state index in [-0.39, 0.29) is 5.02 Å². The maximum atomic E-state index is 13.2. The fourth-order valence-corrected chi connectivity index (χ4v) is 1.41. The Morgan fingerprint density at radius 2 is 1.20 bits per heavy atom. The van der Waals surface area contributed by atoms with Crippen molar-refractivity contribution < 1.29 is 53.0 Å². The fourth-order valence-electron chi connectivity index (χ4n) is 1.29. The Bertz CT molecular complexity index is 648. The lowest BCUT2D eigenvalue weighted by atomic mass is 10.0. The van der Waals surface area contributed by atoms with Crippen molar-refractivity contribution >= 4 is 11.6 Å². The van der Waals surface area contributed by atoms with E-state index in [0.29, 0.717) is 0 Å². The Hall–Kier alpha value is -1.72. The van der Waals surface area contributed by atoms with Crippen LogP contribution in [-0.2, 0) is 0 Å². The monoisotopic (exact) mass is 408 g/mol. The van der Waals surface area contributed by atoms with Crippen molar-refractivity contribution in [2.24, 2.45) is 0 Å². The van der Waals surface area contributed by atoms with E-state index in [4.69, 9.17) is 11.6 Å². The molecule has 0 aliphatic carbocycles. The van der Waals surface area contributed by atoms with E-state index >= 15 is 0 Å². The molecule has 0 saturated carbocycles. The molecule has 0 radical (unpaired) electrons. The van der Waals surface area contributed by atoms with Crippen LogP contribution in [-0.4, -0.2) is 23.9 Å². The third-order valence-electron chi connectivity index (χ3n) is 2.61. The minimum Gasteiger partial charge on any atom is -0.430 e. The zero-order valence-electron chi connectivity index (χ0n) is 11.3. The van der Waals surface area contributed by atoms with Crippen molar-refractivity contribution in [2.45, 2.75) is 23.9 Å². The molecule has 0 N–H and O–H groups in total. The molecule has 0 saturated heterocycles. The zero-order chi connectivity index (χ0) is 19.8. The highest BCUT2D eigenvalue weighted by Crippen LogP contribution is 2.55. The van der Waals surface area contributed by atoms with Gasteiger partial charge in [-0.15, -0.1) is 0 Å². The first-order chi connectivity index (χ1) is 11.1. The lowest BCUT2D eigenvalue weighted by Gasteiger charge is -2.32. The van der Waals surface area contributed by atoms with Gasteiger partial charge in [-0.05, 0) is 24.3 Å². The van der Waals surface area contributed by atoms with Gasteiger partial charge in [0.05, 0.1) is 0 Å². The first-order valence-electron chi connectivity index (χ1n) is 5.75. The molecule has 0 fully saturated rings. The van der Waals surface area contributed by atoms with Crippen LogP contribution in [0.4, 0.5) is 48.3 Å². The summed E-state index contributed by atoms with van der Waals surface area (Å²) in [5.41, 5.74) is 0. The first kappa shape index (κ1) is 21.3. The number of allylic oxidation sites excluding steroid dienone is 1. The summed E-state index contributed by atoms with van der Waals surface area (Å²) >= 11 is 5.39. The van der Waals surface area contributed by atoms with E-state index in [9.17, 15) is 48.3 Å². The van der Waals surface area contributed by atoms with E-state index in [2.05, 4.69) is 4.74 Å². The van der Waals surface area contributed by atoms with Crippen LogP contribution in [0.2, 0.25) is 5.02 Å². The number of alkyl halides is 9.